The van der Waals surface area contributed by atoms with Gasteiger partial charge in [0.05, 0.1) is 18.5 Å². The van der Waals surface area contributed by atoms with E-state index in [1.807, 2.05) is 63.2 Å². The van der Waals surface area contributed by atoms with Gasteiger partial charge in [0.25, 0.3) is 0 Å². The predicted molar refractivity (Wildman–Crippen MR) is 107 cm³/mol. The van der Waals surface area contributed by atoms with Crippen LogP contribution >= 0.6 is 9.24 Å². The van der Waals surface area contributed by atoms with Crippen LogP contribution in [0.1, 0.15) is 31.9 Å². The van der Waals surface area contributed by atoms with Gasteiger partial charge < -0.3 is 9.57 Å². The summed E-state index contributed by atoms with van der Waals surface area (Å²) in [6.45, 7) is 6.13. The van der Waals surface area contributed by atoms with Gasteiger partial charge in [-0.15, -0.1) is 9.24 Å². The Labute approximate surface area is 151 Å². The molecule has 0 heterocycles. The highest BCUT2D eigenvalue weighted by atomic mass is 31.0. The van der Waals surface area contributed by atoms with Gasteiger partial charge in [0.2, 0.25) is 0 Å². The smallest absolute Gasteiger partial charge is 0.411 e. The van der Waals surface area contributed by atoms with Crippen molar-refractivity contribution < 1.29 is 14.4 Å². The molecule has 0 radical (unpaired) electrons. The Bertz CT molecular complexity index is 700. The van der Waals surface area contributed by atoms with Crippen LogP contribution in [-0.2, 0) is 16.2 Å². The molecule has 0 saturated carbocycles. The molecule has 134 valence electrons. The third-order valence-electron chi connectivity index (χ3n) is 3.19. The number of anilines is 1. The first-order chi connectivity index (χ1) is 12.1. The molecule has 5 nitrogen and oxygen atoms in total. The fourth-order valence-corrected chi connectivity index (χ4v) is 2.10. The zero-order valence-electron chi connectivity index (χ0n) is 15.1. The molecule has 2 aromatic carbocycles. The average molecular weight is 360 g/mol. The van der Waals surface area contributed by atoms with Crippen LogP contribution in [0, 0.1) is 0 Å². The minimum atomic E-state index is -0.519. The molecule has 2 aromatic rings. The number of nitrogens with zero attached hydrogens (tertiary/aromatic N) is 1. The van der Waals surface area contributed by atoms with E-state index in [9.17, 15) is 4.79 Å². The minimum Gasteiger partial charge on any atom is -0.453 e. The van der Waals surface area contributed by atoms with Crippen molar-refractivity contribution in [1.29, 1.82) is 0 Å². The molecular weight excluding hydrogens is 335 g/mol. The van der Waals surface area contributed by atoms with E-state index in [0.717, 1.165) is 22.1 Å². The number of para-hydroxylation sites is 1. The van der Waals surface area contributed by atoms with Crippen molar-refractivity contribution in [2.24, 2.45) is 5.16 Å². The lowest BCUT2D eigenvalue weighted by Gasteiger charge is -2.09. The van der Waals surface area contributed by atoms with Gasteiger partial charge in [-0.1, -0.05) is 61.5 Å². The van der Waals surface area contributed by atoms with Crippen molar-refractivity contribution >= 4 is 32.0 Å². The van der Waals surface area contributed by atoms with E-state index < -0.39 is 6.09 Å². The maximum Gasteiger partial charge on any atom is 0.411 e. The number of methoxy groups -OCH3 is 1. The fourth-order valence-electron chi connectivity index (χ4n) is 1.90. The number of hydrogen-bond donors (Lipinski definition) is 1. The summed E-state index contributed by atoms with van der Waals surface area (Å²) in [5.74, 6) is 0. The molecule has 1 atom stereocenters. The van der Waals surface area contributed by atoms with Gasteiger partial charge in [0.15, 0.2) is 0 Å². The van der Waals surface area contributed by atoms with Crippen LogP contribution < -0.4 is 10.6 Å². The highest BCUT2D eigenvalue weighted by Crippen LogP contribution is 2.16. The summed E-state index contributed by atoms with van der Waals surface area (Å²) in [6, 6.07) is 15.3. The van der Waals surface area contributed by atoms with E-state index in [-0.39, 0.29) is 6.61 Å². The van der Waals surface area contributed by atoms with E-state index >= 15 is 0 Å². The zero-order chi connectivity index (χ0) is 18.7. The SMILES string of the molecule is CC.COC(=O)Nc1ccccc1CO/N=C(\C)c1ccc(P)cc1. The lowest BCUT2D eigenvalue weighted by Crippen LogP contribution is -2.12. The summed E-state index contributed by atoms with van der Waals surface area (Å²) >= 11 is 0. The van der Waals surface area contributed by atoms with Crippen molar-refractivity contribution in [3.05, 3.63) is 59.7 Å². The number of rotatable bonds is 5. The predicted octanol–water partition coefficient (Wildman–Crippen LogP) is 4.33. The van der Waals surface area contributed by atoms with Gasteiger partial charge in [-0.25, -0.2) is 4.79 Å². The Balaban J connectivity index is 0.00000151. The second-order valence-corrected chi connectivity index (χ2v) is 5.51. The molecule has 0 saturated heterocycles. The molecule has 25 heavy (non-hydrogen) atoms. The lowest BCUT2D eigenvalue weighted by molar-refractivity contribution is 0.131. The number of carbonyl (C=O) groups excluding carboxylic acids is 1. The van der Waals surface area contributed by atoms with Crippen LogP contribution in [0.15, 0.2) is 53.7 Å². The molecule has 0 spiro atoms. The summed E-state index contributed by atoms with van der Waals surface area (Å²) in [7, 11) is 3.96. The Morgan fingerprint density at radius 1 is 1.12 bits per heavy atom. The number of amides is 1. The Morgan fingerprint density at radius 3 is 2.40 bits per heavy atom. The van der Waals surface area contributed by atoms with Gasteiger partial charge in [-0.2, -0.15) is 0 Å². The van der Waals surface area contributed by atoms with Crippen LogP contribution in [0.4, 0.5) is 10.5 Å². The van der Waals surface area contributed by atoms with Crippen LogP contribution in [0.3, 0.4) is 0 Å². The van der Waals surface area contributed by atoms with Crippen LogP contribution in [0.2, 0.25) is 0 Å². The fraction of sp³-hybridized carbons (Fsp3) is 0.263. The van der Waals surface area contributed by atoms with E-state index in [2.05, 4.69) is 24.4 Å². The first-order valence-electron chi connectivity index (χ1n) is 8.05. The molecule has 0 aliphatic heterocycles. The van der Waals surface area contributed by atoms with Crippen molar-refractivity contribution in [3.8, 4) is 0 Å². The number of carbonyl (C=O) groups is 1. The molecule has 0 aliphatic rings. The first kappa shape index (κ1) is 20.7. The minimum absolute atomic E-state index is 0.249. The molecule has 1 unspecified atom stereocenters. The molecule has 0 aliphatic carbocycles. The second-order valence-electron chi connectivity index (χ2n) is 4.85. The van der Waals surface area contributed by atoms with Gasteiger partial charge in [0, 0.05) is 5.56 Å². The van der Waals surface area contributed by atoms with Crippen molar-refractivity contribution in [1.82, 2.24) is 0 Å². The summed E-state index contributed by atoms with van der Waals surface area (Å²) in [5, 5.41) is 7.89. The van der Waals surface area contributed by atoms with E-state index in [1.165, 1.54) is 7.11 Å². The van der Waals surface area contributed by atoms with Crippen LogP contribution in [-0.4, -0.2) is 18.9 Å². The van der Waals surface area contributed by atoms with Gasteiger partial charge in [-0.3, -0.25) is 5.32 Å². The third kappa shape index (κ3) is 6.94. The van der Waals surface area contributed by atoms with Gasteiger partial charge in [0.1, 0.15) is 6.61 Å². The van der Waals surface area contributed by atoms with E-state index in [1.54, 1.807) is 6.07 Å². The Morgan fingerprint density at radius 2 is 1.76 bits per heavy atom. The van der Waals surface area contributed by atoms with Crippen LogP contribution in [0.25, 0.3) is 0 Å². The number of nitrogens with one attached hydrogen (secondary N) is 1. The normalized spacial score (nSPS) is 10.4. The Kier molecular flexibility index (Phi) is 9.26. The van der Waals surface area contributed by atoms with E-state index in [0.29, 0.717) is 5.69 Å². The highest BCUT2D eigenvalue weighted by molar-refractivity contribution is 7.27. The van der Waals surface area contributed by atoms with Crippen LogP contribution in [0.5, 0.6) is 0 Å². The Hall–Kier alpha value is -2.39. The molecule has 1 N–H and O–H groups in total. The van der Waals surface area contributed by atoms with Crippen molar-refractivity contribution in [2.75, 3.05) is 12.4 Å². The average Bonchev–Trinajstić information content (AvgIpc) is 2.65. The van der Waals surface area contributed by atoms with Gasteiger partial charge >= 0.3 is 6.09 Å². The summed E-state index contributed by atoms with van der Waals surface area (Å²) in [6.07, 6.45) is -0.519. The molecule has 0 aromatic heterocycles. The topological polar surface area (TPSA) is 59.9 Å². The van der Waals surface area contributed by atoms with E-state index in [4.69, 9.17) is 4.84 Å². The first-order valence-corrected chi connectivity index (χ1v) is 8.63. The summed E-state index contributed by atoms with van der Waals surface area (Å²) in [4.78, 5) is 16.7. The van der Waals surface area contributed by atoms with Gasteiger partial charge in [-0.05, 0) is 23.9 Å². The molecule has 0 fully saturated rings. The number of ether oxygens (including phenoxy) is 1. The highest BCUT2D eigenvalue weighted by Gasteiger charge is 2.06. The lowest BCUT2D eigenvalue weighted by atomic mass is 10.1. The molecule has 1 amide bonds. The third-order valence-corrected chi connectivity index (χ3v) is 3.57. The van der Waals surface area contributed by atoms with Crippen molar-refractivity contribution in [3.63, 3.8) is 0 Å². The quantitative estimate of drug-likeness (QED) is 0.490. The summed E-state index contributed by atoms with van der Waals surface area (Å²) in [5.41, 5.74) is 3.24. The molecule has 2 rings (SSSR count). The monoisotopic (exact) mass is 360 g/mol. The largest absolute Gasteiger partial charge is 0.453 e. The zero-order valence-corrected chi connectivity index (χ0v) is 16.2. The maximum absolute atomic E-state index is 11.3. The van der Waals surface area contributed by atoms with Crippen molar-refractivity contribution in [2.45, 2.75) is 27.4 Å². The maximum atomic E-state index is 11.3. The number of hydrogen-bond acceptors (Lipinski definition) is 4. The standard InChI is InChI=1S/C17H19N2O3P.C2H6/c1-12(13-7-9-15(23)10-8-13)19-22-11-14-5-3-4-6-16(14)18-17(20)21-2;1-2/h3-10H,11,23H2,1-2H3,(H,18,20);1-2H3/b19-12+;. The summed E-state index contributed by atoms with van der Waals surface area (Å²) < 4.78 is 4.60. The second kappa shape index (κ2) is 11.2. The number of benzene rings is 2. The molecule has 6 heteroatoms. The molecule has 0 bridgehead atoms. The number of oxime groups is 1. The molecular formula is C19H25N2O3P.